The van der Waals surface area contributed by atoms with Crippen LogP contribution in [0.4, 0.5) is 0 Å². The van der Waals surface area contributed by atoms with Crippen molar-refractivity contribution < 1.29 is 19.5 Å². The molecule has 0 saturated heterocycles. The van der Waals surface area contributed by atoms with Gasteiger partial charge in [-0.05, 0) is 58.5 Å². The Morgan fingerprint density at radius 3 is 1.92 bits per heavy atom. The minimum Gasteiger partial charge on any atom is -0.481 e. The van der Waals surface area contributed by atoms with Gasteiger partial charge in [0.25, 0.3) is 5.91 Å². The van der Waals surface area contributed by atoms with Crippen LogP contribution in [0.5, 0.6) is 0 Å². The van der Waals surface area contributed by atoms with Crippen molar-refractivity contribution in [2.75, 3.05) is 6.54 Å². The van der Waals surface area contributed by atoms with Crippen LogP contribution in [0.2, 0.25) is 0 Å². The number of carboxylic acid groups (broad SMARTS) is 1. The molecule has 3 N–H and O–H groups in total. The summed E-state index contributed by atoms with van der Waals surface area (Å²) in [7, 11) is 0. The van der Waals surface area contributed by atoms with Crippen LogP contribution in [-0.2, 0) is 21.4 Å². The Labute approximate surface area is 286 Å². The highest BCUT2D eigenvalue weighted by Crippen LogP contribution is 2.23. The molecule has 0 saturated carbocycles. The van der Waals surface area contributed by atoms with Gasteiger partial charge < -0.3 is 15.7 Å². The summed E-state index contributed by atoms with van der Waals surface area (Å²) in [6, 6.07) is 31.6. The fourth-order valence-corrected chi connectivity index (χ4v) is 5.05. The Morgan fingerprint density at radius 1 is 0.735 bits per heavy atom. The number of carboxylic acids is 1. The third kappa shape index (κ3) is 9.72. The number of rotatable bonds is 10. The third-order valence-electron chi connectivity index (χ3n) is 7.92. The Hall–Kier alpha value is -6.07. The van der Waals surface area contributed by atoms with Crippen molar-refractivity contribution in [1.82, 2.24) is 20.6 Å². The van der Waals surface area contributed by atoms with Crippen LogP contribution in [0, 0.1) is 11.8 Å². The first-order valence-corrected chi connectivity index (χ1v) is 16.0. The largest absolute Gasteiger partial charge is 0.481 e. The van der Waals surface area contributed by atoms with E-state index in [1.54, 1.807) is 24.5 Å². The molecule has 8 heteroatoms. The molecule has 1 atom stereocenters. The van der Waals surface area contributed by atoms with Crippen molar-refractivity contribution >= 4 is 17.8 Å². The smallest absolute Gasteiger partial charge is 0.305 e. The molecule has 1 heterocycles. The quantitative estimate of drug-likeness (QED) is 0.150. The van der Waals surface area contributed by atoms with Crippen LogP contribution in [0.15, 0.2) is 116 Å². The van der Waals surface area contributed by atoms with Gasteiger partial charge in [-0.1, -0.05) is 99.3 Å². The zero-order chi connectivity index (χ0) is 34.8. The van der Waals surface area contributed by atoms with Crippen molar-refractivity contribution in [2.24, 2.45) is 0 Å². The van der Waals surface area contributed by atoms with E-state index in [9.17, 15) is 14.4 Å². The van der Waals surface area contributed by atoms with Crippen molar-refractivity contribution in [3.63, 3.8) is 0 Å². The summed E-state index contributed by atoms with van der Waals surface area (Å²) < 4.78 is 0. The number of hydrogen-bond acceptors (Lipinski definition) is 5. The molecule has 2 amide bonds. The van der Waals surface area contributed by atoms with E-state index in [1.807, 2.05) is 91.0 Å². The summed E-state index contributed by atoms with van der Waals surface area (Å²) in [6.07, 6.45) is 3.54. The first kappa shape index (κ1) is 34.3. The molecule has 246 valence electrons. The molecule has 0 aliphatic heterocycles. The maximum atomic E-state index is 13.2. The molecule has 0 aliphatic carbocycles. The van der Waals surface area contributed by atoms with E-state index < -0.39 is 23.8 Å². The molecule has 1 aromatic heterocycles. The van der Waals surface area contributed by atoms with Crippen molar-refractivity contribution in [1.29, 1.82) is 0 Å². The Balaban J connectivity index is 1.25. The zero-order valence-electron chi connectivity index (χ0n) is 27.7. The summed E-state index contributed by atoms with van der Waals surface area (Å²) in [5.41, 5.74) is 6.79. The standard InChI is InChI=1S/C41H38N4O4/c1-41(2,3)35-21-19-33(20-22-35)39(48)45-36(40(49)42-24-23-37(46)47)25-30-13-17-32(18-14-30)38-43-26-34(27-44-38)31-15-11-29(12-16-31)10-9-28-7-5-4-6-8-28/h4-8,11-22,26-27,36H,23-25H2,1-3H3,(H,42,49)(H,45,48)(H,46,47)/t36-/m0/s1. The number of carbonyl (C=O) groups is 3. The number of benzene rings is 4. The Bertz CT molecular complexity index is 1950. The van der Waals surface area contributed by atoms with Crippen LogP contribution in [-0.4, -0.2) is 45.4 Å². The summed E-state index contributed by atoms with van der Waals surface area (Å²) in [5.74, 6) is 5.03. The third-order valence-corrected chi connectivity index (χ3v) is 7.92. The average molecular weight is 651 g/mol. The molecule has 0 aliphatic rings. The lowest BCUT2D eigenvalue weighted by molar-refractivity contribution is -0.137. The van der Waals surface area contributed by atoms with E-state index in [0.29, 0.717) is 11.4 Å². The fraction of sp³-hybridized carbons (Fsp3) is 0.195. The summed E-state index contributed by atoms with van der Waals surface area (Å²) >= 11 is 0. The number of carbonyl (C=O) groups excluding carboxylic acids is 2. The minimum absolute atomic E-state index is 0.0421. The van der Waals surface area contributed by atoms with E-state index in [4.69, 9.17) is 5.11 Å². The molecule has 5 rings (SSSR count). The van der Waals surface area contributed by atoms with Gasteiger partial charge in [-0.15, -0.1) is 0 Å². The number of amides is 2. The highest BCUT2D eigenvalue weighted by molar-refractivity contribution is 5.97. The number of aromatic nitrogens is 2. The first-order chi connectivity index (χ1) is 23.5. The minimum atomic E-state index is -1.02. The molecule has 0 spiro atoms. The lowest BCUT2D eigenvalue weighted by Crippen LogP contribution is -2.48. The second-order valence-corrected chi connectivity index (χ2v) is 12.7. The summed E-state index contributed by atoms with van der Waals surface area (Å²) in [4.78, 5) is 46.4. The number of nitrogens with one attached hydrogen (secondary N) is 2. The maximum absolute atomic E-state index is 13.2. The SMILES string of the molecule is CC(C)(C)c1ccc(C(=O)N[C@@H](Cc2ccc(-c3ncc(-c4ccc(C#Cc5ccccc5)cc4)cn3)cc2)C(=O)NCCC(=O)O)cc1. The summed E-state index contributed by atoms with van der Waals surface area (Å²) in [5, 5.41) is 14.5. The molecular weight excluding hydrogens is 612 g/mol. The molecule has 4 aromatic carbocycles. The summed E-state index contributed by atoms with van der Waals surface area (Å²) in [6.45, 7) is 6.24. The van der Waals surface area contributed by atoms with Gasteiger partial charge in [-0.2, -0.15) is 0 Å². The first-order valence-electron chi connectivity index (χ1n) is 16.0. The highest BCUT2D eigenvalue weighted by Gasteiger charge is 2.23. The van der Waals surface area contributed by atoms with E-state index in [2.05, 4.69) is 53.2 Å². The molecule has 0 bridgehead atoms. The predicted molar refractivity (Wildman–Crippen MR) is 191 cm³/mol. The lowest BCUT2D eigenvalue weighted by Gasteiger charge is -2.20. The topological polar surface area (TPSA) is 121 Å². The normalized spacial score (nSPS) is 11.5. The number of nitrogens with zero attached hydrogens (tertiary/aromatic N) is 2. The Kier molecular flexibility index (Phi) is 11.0. The molecule has 0 fully saturated rings. The molecule has 5 aromatic rings. The van der Waals surface area contributed by atoms with Gasteiger partial charge in [-0.3, -0.25) is 14.4 Å². The molecule has 0 unspecified atom stereocenters. The van der Waals surface area contributed by atoms with Crippen LogP contribution in [0.1, 0.15) is 59.8 Å². The van der Waals surface area contributed by atoms with Crippen LogP contribution < -0.4 is 10.6 Å². The molecule has 8 nitrogen and oxygen atoms in total. The van der Waals surface area contributed by atoms with Crippen molar-refractivity contribution in [3.8, 4) is 34.4 Å². The van der Waals surface area contributed by atoms with E-state index in [1.165, 1.54) is 0 Å². The van der Waals surface area contributed by atoms with Crippen LogP contribution in [0.3, 0.4) is 0 Å². The van der Waals surface area contributed by atoms with Gasteiger partial charge in [0.05, 0.1) is 6.42 Å². The van der Waals surface area contributed by atoms with Crippen molar-refractivity contribution in [2.45, 2.75) is 45.1 Å². The molecular formula is C41H38N4O4. The highest BCUT2D eigenvalue weighted by atomic mass is 16.4. The van der Waals surface area contributed by atoms with Gasteiger partial charge >= 0.3 is 5.97 Å². The van der Waals surface area contributed by atoms with E-state index >= 15 is 0 Å². The predicted octanol–water partition coefficient (Wildman–Crippen LogP) is 6.44. The van der Waals surface area contributed by atoms with Crippen molar-refractivity contribution in [3.05, 3.63) is 143 Å². The van der Waals surface area contributed by atoms with Crippen LogP contribution in [0.25, 0.3) is 22.5 Å². The van der Waals surface area contributed by atoms with Gasteiger partial charge in [0.15, 0.2) is 5.82 Å². The van der Waals surface area contributed by atoms with Gasteiger partial charge in [0.1, 0.15) is 6.04 Å². The second kappa shape index (κ2) is 15.7. The van der Waals surface area contributed by atoms with E-state index in [0.717, 1.165) is 38.9 Å². The van der Waals surface area contributed by atoms with E-state index in [-0.39, 0.29) is 24.8 Å². The lowest BCUT2D eigenvalue weighted by atomic mass is 9.86. The zero-order valence-corrected chi connectivity index (χ0v) is 27.7. The average Bonchev–Trinajstić information content (AvgIpc) is 3.11. The van der Waals surface area contributed by atoms with Gasteiger partial charge in [0.2, 0.25) is 5.91 Å². The number of hydrogen-bond donors (Lipinski definition) is 3. The number of aliphatic carboxylic acids is 1. The van der Waals surface area contributed by atoms with Crippen LogP contribution >= 0.6 is 0 Å². The van der Waals surface area contributed by atoms with Gasteiger partial charge in [-0.25, -0.2) is 9.97 Å². The molecule has 49 heavy (non-hydrogen) atoms. The Morgan fingerprint density at radius 2 is 1.33 bits per heavy atom. The maximum Gasteiger partial charge on any atom is 0.305 e. The second-order valence-electron chi connectivity index (χ2n) is 12.7. The van der Waals surface area contributed by atoms with Gasteiger partial charge in [0, 0.05) is 53.2 Å². The fourth-order valence-electron chi connectivity index (χ4n) is 5.05. The monoisotopic (exact) mass is 650 g/mol. The molecule has 0 radical (unpaired) electrons.